The number of hydrogen-bond donors (Lipinski definition) is 0. The third-order valence-electron chi connectivity index (χ3n) is 1.83. The monoisotopic (exact) mass is 193 g/mol. The van der Waals surface area contributed by atoms with E-state index in [1.807, 2.05) is 38.1 Å². The molecule has 0 spiro atoms. The van der Waals surface area contributed by atoms with Crippen molar-refractivity contribution in [3.8, 4) is 5.75 Å². The van der Waals surface area contributed by atoms with E-state index in [1.54, 1.807) is 7.11 Å². The summed E-state index contributed by atoms with van der Waals surface area (Å²) in [5, 5.41) is 3.96. The van der Waals surface area contributed by atoms with Gasteiger partial charge in [0.15, 0.2) is 0 Å². The number of benzene rings is 1. The molecule has 0 N–H and O–H groups in total. The van der Waals surface area contributed by atoms with Crippen molar-refractivity contribution < 1.29 is 9.57 Å². The zero-order valence-electron chi connectivity index (χ0n) is 8.78. The first-order valence-electron chi connectivity index (χ1n) is 4.59. The predicted molar refractivity (Wildman–Crippen MR) is 56.8 cm³/mol. The SMILES string of the molecule is CCO/N=C(\C)c1ccccc1OC. The molecule has 0 aliphatic rings. The Hall–Kier alpha value is -1.51. The third-order valence-corrected chi connectivity index (χ3v) is 1.83. The molecule has 14 heavy (non-hydrogen) atoms. The summed E-state index contributed by atoms with van der Waals surface area (Å²) >= 11 is 0. The lowest BCUT2D eigenvalue weighted by Crippen LogP contribution is -1.99. The molecule has 0 bridgehead atoms. The van der Waals surface area contributed by atoms with Gasteiger partial charge in [0, 0.05) is 5.56 Å². The molecule has 0 aromatic heterocycles. The fourth-order valence-corrected chi connectivity index (χ4v) is 1.15. The topological polar surface area (TPSA) is 30.8 Å². The maximum absolute atomic E-state index is 5.21. The molecule has 76 valence electrons. The highest BCUT2D eigenvalue weighted by Gasteiger charge is 2.04. The second-order valence-corrected chi connectivity index (χ2v) is 2.79. The minimum atomic E-state index is 0.576. The molecule has 1 aromatic rings. The third kappa shape index (κ3) is 2.49. The van der Waals surface area contributed by atoms with Gasteiger partial charge in [0.05, 0.1) is 12.8 Å². The maximum Gasteiger partial charge on any atom is 0.128 e. The summed E-state index contributed by atoms with van der Waals surface area (Å²) in [5.74, 6) is 0.813. The van der Waals surface area contributed by atoms with Crippen LogP contribution in [-0.4, -0.2) is 19.4 Å². The molecular weight excluding hydrogens is 178 g/mol. The van der Waals surface area contributed by atoms with Crippen molar-refractivity contribution in [3.63, 3.8) is 0 Å². The summed E-state index contributed by atoms with van der Waals surface area (Å²) in [4.78, 5) is 4.98. The lowest BCUT2D eigenvalue weighted by Gasteiger charge is -2.06. The summed E-state index contributed by atoms with van der Waals surface area (Å²) in [5.41, 5.74) is 1.78. The normalized spacial score (nSPS) is 11.2. The van der Waals surface area contributed by atoms with Crippen molar-refractivity contribution in [2.45, 2.75) is 13.8 Å². The highest BCUT2D eigenvalue weighted by atomic mass is 16.6. The van der Waals surface area contributed by atoms with Crippen LogP contribution in [0.1, 0.15) is 19.4 Å². The lowest BCUT2D eigenvalue weighted by atomic mass is 10.1. The molecule has 1 rings (SSSR count). The van der Waals surface area contributed by atoms with E-state index < -0.39 is 0 Å². The van der Waals surface area contributed by atoms with Crippen molar-refractivity contribution >= 4 is 5.71 Å². The van der Waals surface area contributed by atoms with E-state index in [0.29, 0.717) is 6.61 Å². The van der Waals surface area contributed by atoms with Gasteiger partial charge in [0.1, 0.15) is 12.4 Å². The molecule has 0 saturated heterocycles. The fraction of sp³-hybridized carbons (Fsp3) is 0.364. The molecule has 0 atom stereocenters. The van der Waals surface area contributed by atoms with E-state index in [2.05, 4.69) is 5.16 Å². The molecule has 0 aliphatic heterocycles. The smallest absolute Gasteiger partial charge is 0.128 e. The number of hydrogen-bond acceptors (Lipinski definition) is 3. The number of methoxy groups -OCH3 is 1. The van der Waals surface area contributed by atoms with E-state index in [4.69, 9.17) is 9.57 Å². The first kappa shape index (κ1) is 10.6. The molecule has 0 radical (unpaired) electrons. The predicted octanol–water partition coefficient (Wildman–Crippen LogP) is 2.46. The zero-order valence-corrected chi connectivity index (χ0v) is 8.78. The van der Waals surface area contributed by atoms with Crippen LogP contribution in [-0.2, 0) is 4.84 Å². The molecule has 0 fully saturated rings. The van der Waals surface area contributed by atoms with E-state index in [9.17, 15) is 0 Å². The van der Waals surface area contributed by atoms with Gasteiger partial charge in [-0.15, -0.1) is 0 Å². The van der Waals surface area contributed by atoms with Gasteiger partial charge in [-0.2, -0.15) is 0 Å². The molecule has 0 heterocycles. The van der Waals surface area contributed by atoms with Gasteiger partial charge in [-0.3, -0.25) is 0 Å². The van der Waals surface area contributed by atoms with Crippen LogP contribution >= 0.6 is 0 Å². The summed E-state index contributed by atoms with van der Waals surface area (Å²) in [6, 6.07) is 7.73. The van der Waals surface area contributed by atoms with Crippen LogP contribution in [0.2, 0.25) is 0 Å². The van der Waals surface area contributed by atoms with Crippen molar-refractivity contribution in [2.24, 2.45) is 5.16 Å². The van der Waals surface area contributed by atoms with Crippen LogP contribution in [0.3, 0.4) is 0 Å². The van der Waals surface area contributed by atoms with Gasteiger partial charge in [-0.1, -0.05) is 17.3 Å². The number of nitrogens with zero attached hydrogens (tertiary/aromatic N) is 1. The second-order valence-electron chi connectivity index (χ2n) is 2.79. The second kappa shape index (κ2) is 5.27. The lowest BCUT2D eigenvalue weighted by molar-refractivity contribution is 0.159. The van der Waals surface area contributed by atoms with Crippen molar-refractivity contribution in [1.29, 1.82) is 0 Å². The number of oxime groups is 1. The van der Waals surface area contributed by atoms with Gasteiger partial charge in [0.2, 0.25) is 0 Å². The summed E-state index contributed by atoms with van der Waals surface area (Å²) in [6.45, 7) is 4.37. The number of para-hydroxylation sites is 1. The standard InChI is InChI=1S/C11H15NO2/c1-4-14-12-9(2)10-7-5-6-8-11(10)13-3/h5-8H,4H2,1-3H3/b12-9+. The van der Waals surface area contributed by atoms with E-state index in [-0.39, 0.29) is 0 Å². The van der Waals surface area contributed by atoms with Crippen LogP contribution in [0.4, 0.5) is 0 Å². The Bertz CT molecular complexity index is 321. The Morgan fingerprint density at radius 1 is 1.36 bits per heavy atom. The summed E-state index contributed by atoms with van der Waals surface area (Å²) < 4.78 is 5.21. The molecule has 0 aliphatic carbocycles. The Labute approximate surface area is 84.3 Å². The van der Waals surface area contributed by atoms with Gasteiger partial charge in [0.25, 0.3) is 0 Å². The summed E-state index contributed by atoms with van der Waals surface area (Å²) in [6.07, 6.45) is 0. The van der Waals surface area contributed by atoms with Crippen LogP contribution < -0.4 is 4.74 Å². The van der Waals surface area contributed by atoms with E-state index in [0.717, 1.165) is 17.0 Å². The van der Waals surface area contributed by atoms with Gasteiger partial charge in [-0.05, 0) is 26.0 Å². The highest BCUT2D eigenvalue weighted by molar-refractivity contribution is 6.00. The minimum absolute atomic E-state index is 0.576. The molecule has 0 unspecified atom stereocenters. The summed E-state index contributed by atoms with van der Waals surface area (Å²) in [7, 11) is 1.65. The van der Waals surface area contributed by atoms with Crippen molar-refractivity contribution in [2.75, 3.05) is 13.7 Å². The molecule has 1 aromatic carbocycles. The first-order valence-corrected chi connectivity index (χ1v) is 4.59. The van der Waals surface area contributed by atoms with Crippen molar-refractivity contribution in [3.05, 3.63) is 29.8 Å². The van der Waals surface area contributed by atoms with E-state index in [1.165, 1.54) is 0 Å². The highest BCUT2D eigenvalue weighted by Crippen LogP contribution is 2.17. The average Bonchev–Trinajstić information content (AvgIpc) is 2.25. The van der Waals surface area contributed by atoms with Crippen LogP contribution in [0, 0.1) is 0 Å². The fourth-order valence-electron chi connectivity index (χ4n) is 1.15. The van der Waals surface area contributed by atoms with Gasteiger partial charge in [-0.25, -0.2) is 0 Å². The molecule has 0 amide bonds. The molecular formula is C11H15NO2. The largest absolute Gasteiger partial charge is 0.496 e. The zero-order chi connectivity index (χ0) is 10.4. The average molecular weight is 193 g/mol. The maximum atomic E-state index is 5.21. The Morgan fingerprint density at radius 3 is 2.71 bits per heavy atom. The minimum Gasteiger partial charge on any atom is -0.496 e. The Kier molecular flexibility index (Phi) is 3.98. The van der Waals surface area contributed by atoms with Crippen LogP contribution in [0.15, 0.2) is 29.4 Å². The first-order chi connectivity index (χ1) is 6.79. The quantitative estimate of drug-likeness (QED) is 0.543. The van der Waals surface area contributed by atoms with Gasteiger partial charge >= 0.3 is 0 Å². The molecule has 3 nitrogen and oxygen atoms in total. The van der Waals surface area contributed by atoms with Crippen LogP contribution in [0.5, 0.6) is 5.75 Å². The number of ether oxygens (including phenoxy) is 1. The van der Waals surface area contributed by atoms with Crippen molar-refractivity contribution in [1.82, 2.24) is 0 Å². The number of rotatable bonds is 4. The molecule has 0 saturated carbocycles. The Balaban J connectivity index is 2.93. The molecule has 3 heteroatoms. The van der Waals surface area contributed by atoms with Crippen LogP contribution in [0.25, 0.3) is 0 Å². The van der Waals surface area contributed by atoms with Gasteiger partial charge < -0.3 is 9.57 Å². The van der Waals surface area contributed by atoms with E-state index >= 15 is 0 Å². The Morgan fingerprint density at radius 2 is 2.07 bits per heavy atom.